The van der Waals surface area contributed by atoms with Gasteiger partial charge in [0.2, 0.25) is 0 Å². The van der Waals surface area contributed by atoms with Gasteiger partial charge < -0.3 is 15.2 Å². The normalized spacial score (nSPS) is 13.5. The third-order valence-electron chi connectivity index (χ3n) is 3.96. The van der Waals surface area contributed by atoms with Crippen molar-refractivity contribution in [3.05, 3.63) is 77.5 Å². The molecule has 2 aromatic carbocycles. The van der Waals surface area contributed by atoms with E-state index in [2.05, 4.69) is 5.32 Å². The second kappa shape index (κ2) is 8.29. The highest BCUT2D eigenvalue weighted by molar-refractivity contribution is 6.17. The lowest BCUT2D eigenvalue weighted by Crippen LogP contribution is -2.34. The summed E-state index contributed by atoms with van der Waals surface area (Å²) < 4.78 is 5.33. The van der Waals surface area contributed by atoms with E-state index in [9.17, 15) is 14.4 Å². The molecule has 0 saturated heterocycles. The summed E-state index contributed by atoms with van der Waals surface area (Å²) in [4.78, 5) is 37.5. The largest absolute Gasteiger partial charge is 0.457 e. The van der Waals surface area contributed by atoms with Crippen molar-refractivity contribution in [1.82, 2.24) is 4.90 Å². The summed E-state index contributed by atoms with van der Waals surface area (Å²) in [5.41, 5.74) is 1.50. The van der Waals surface area contributed by atoms with Crippen LogP contribution in [0.2, 0.25) is 0 Å². The van der Waals surface area contributed by atoms with Crippen LogP contribution >= 0.6 is 0 Å². The molecule has 3 rings (SSSR count). The number of anilines is 1. The van der Waals surface area contributed by atoms with Crippen molar-refractivity contribution in [3.63, 3.8) is 0 Å². The van der Waals surface area contributed by atoms with Crippen LogP contribution < -0.4 is 5.32 Å². The van der Waals surface area contributed by atoms with Gasteiger partial charge in [0.25, 0.3) is 11.8 Å². The van der Waals surface area contributed by atoms with Crippen LogP contribution in [0.4, 0.5) is 5.69 Å². The standard InChI is InChI=1S/C20H18N2O5/c23-11-10-22-18(24)12-17(19(22)25)21-16-9-5-4-8-15(16)20(26)27-13-14-6-2-1-3-7-14/h1-9,12,21,23H,10-11,13H2. The zero-order valence-electron chi connectivity index (χ0n) is 14.4. The quantitative estimate of drug-likeness (QED) is 0.572. The first-order chi connectivity index (χ1) is 13.1. The van der Waals surface area contributed by atoms with Crippen LogP contribution in [0, 0.1) is 0 Å². The molecule has 2 N–H and O–H groups in total. The maximum atomic E-state index is 12.4. The summed E-state index contributed by atoms with van der Waals surface area (Å²) in [6.07, 6.45) is 1.14. The lowest BCUT2D eigenvalue weighted by atomic mass is 10.1. The van der Waals surface area contributed by atoms with Crippen LogP contribution in [0.1, 0.15) is 15.9 Å². The monoisotopic (exact) mass is 366 g/mol. The number of benzene rings is 2. The van der Waals surface area contributed by atoms with Crippen molar-refractivity contribution in [1.29, 1.82) is 0 Å². The van der Waals surface area contributed by atoms with Gasteiger partial charge in [-0.25, -0.2) is 4.79 Å². The molecule has 0 bridgehead atoms. The Hall–Kier alpha value is -3.45. The first-order valence-electron chi connectivity index (χ1n) is 8.35. The number of hydrogen-bond donors (Lipinski definition) is 2. The lowest BCUT2D eigenvalue weighted by molar-refractivity contribution is -0.137. The number of imide groups is 1. The molecule has 7 heteroatoms. The molecule has 0 unspecified atom stereocenters. The van der Waals surface area contributed by atoms with E-state index in [1.807, 2.05) is 30.3 Å². The van der Waals surface area contributed by atoms with E-state index >= 15 is 0 Å². The zero-order chi connectivity index (χ0) is 19.2. The van der Waals surface area contributed by atoms with Gasteiger partial charge in [0.05, 0.1) is 24.4 Å². The van der Waals surface area contributed by atoms with Crippen molar-refractivity contribution in [3.8, 4) is 0 Å². The number of amides is 2. The van der Waals surface area contributed by atoms with Gasteiger partial charge in [0.1, 0.15) is 12.3 Å². The number of rotatable bonds is 7. The molecule has 1 heterocycles. The summed E-state index contributed by atoms with van der Waals surface area (Å²) in [6, 6.07) is 15.8. The Bertz CT molecular complexity index is 892. The average Bonchev–Trinajstić information content (AvgIpc) is 2.95. The summed E-state index contributed by atoms with van der Waals surface area (Å²) in [6.45, 7) is -0.278. The van der Waals surface area contributed by atoms with Gasteiger partial charge in [-0.15, -0.1) is 0 Å². The summed E-state index contributed by atoms with van der Waals surface area (Å²) in [5, 5.41) is 11.8. The van der Waals surface area contributed by atoms with E-state index in [0.717, 1.165) is 16.5 Å². The van der Waals surface area contributed by atoms with Gasteiger partial charge in [-0.05, 0) is 17.7 Å². The molecule has 2 aromatic rings. The number of para-hydroxylation sites is 1. The number of nitrogens with zero attached hydrogens (tertiary/aromatic N) is 1. The van der Waals surface area contributed by atoms with E-state index in [-0.39, 0.29) is 31.0 Å². The second-order valence-corrected chi connectivity index (χ2v) is 5.81. The number of carbonyl (C=O) groups excluding carboxylic acids is 3. The predicted octanol–water partition coefficient (Wildman–Crippen LogP) is 1.70. The predicted molar refractivity (Wildman–Crippen MR) is 97.5 cm³/mol. The number of hydrogen-bond acceptors (Lipinski definition) is 6. The molecule has 0 radical (unpaired) electrons. The van der Waals surface area contributed by atoms with Crippen molar-refractivity contribution in [2.24, 2.45) is 0 Å². The molecule has 1 aliphatic rings. The maximum absolute atomic E-state index is 12.4. The number of nitrogens with one attached hydrogen (secondary N) is 1. The Kier molecular flexibility index (Phi) is 5.63. The Labute approximate surface area is 155 Å². The molecule has 2 amide bonds. The van der Waals surface area contributed by atoms with Crippen LogP contribution in [0.25, 0.3) is 0 Å². The van der Waals surface area contributed by atoms with Gasteiger partial charge in [0, 0.05) is 6.08 Å². The molecular weight excluding hydrogens is 348 g/mol. The molecule has 1 aliphatic heterocycles. The van der Waals surface area contributed by atoms with E-state index in [1.54, 1.807) is 24.3 Å². The van der Waals surface area contributed by atoms with Crippen LogP contribution in [0.15, 0.2) is 66.4 Å². The Morgan fingerprint density at radius 2 is 1.74 bits per heavy atom. The second-order valence-electron chi connectivity index (χ2n) is 5.81. The number of aliphatic hydroxyl groups excluding tert-OH is 1. The van der Waals surface area contributed by atoms with Crippen LogP contribution in [-0.4, -0.2) is 40.9 Å². The molecule has 0 saturated carbocycles. The van der Waals surface area contributed by atoms with Crippen molar-refractivity contribution in [2.45, 2.75) is 6.61 Å². The molecule has 0 atom stereocenters. The molecule has 0 fully saturated rings. The smallest absolute Gasteiger partial charge is 0.340 e. The Morgan fingerprint density at radius 1 is 1.04 bits per heavy atom. The lowest BCUT2D eigenvalue weighted by Gasteiger charge is -2.15. The number of β-amino-alcohol motifs (C(OH)–C–C–N with tert-alkyl or cyclic N) is 1. The molecule has 7 nitrogen and oxygen atoms in total. The molecule has 0 aromatic heterocycles. The Morgan fingerprint density at radius 3 is 2.48 bits per heavy atom. The highest BCUT2D eigenvalue weighted by atomic mass is 16.5. The van der Waals surface area contributed by atoms with Crippen LogP contribution in [-0.2, 0) is 20.9 Å². The third kappa shape index (κ3) is 4.21. The fraction of sp³-hybridized carbons (Fsp3) is 0.150. The van der Waals surface area contributed by atoms with Gasteiger partial charge in [-0.2, -0.15) is 0 Å². The number of carbonyl (C=O) groups is 3. The minimum absolute atomic E-state index is 0.0387. The SMILES string of the molecule is O=C(OCc1ccccc1)c1ccccc1NC1=CC(=O)N(CCO)C1=O. The molecule has 138 valence electrons. The first kappa shape index (κ1) is 18.3. The number of aliphatic hydroxyl groups is 1. The van der Waals surface area contributed by atoms with Gasteiger partial charge in [-0.1, -0.05) is 42.5 Å². The molecule has 0 spiro atoms. The third-order valence-corrected chi connectivity index (χ3v) is 3.96. The summed E-state index contributed by atoms with van der Waals surface area (Å²) >= 11 is 0. The minimum Gasteiger partial charge on any atom is -0.457 e. The number of ether oxygens (including phenoxy) is 1. The summed E-state index contributed by atoms with van der Waals surface area (Å²) in [7, 11) is 0. The van der Waals surface area contributed by atoms with Gasteiger partial charge in [0.15, 0.2) is 0 Å². The number of esters is 1. The van der Waals surface area contributed by atoms with Crippen molar-refractivity contribution >= 4 is 23.5 Å². The van der Waals surface area contributed by atoms with Crippen LogP contribution in [0.3, 0.4) is 0 Å². The fourth-order valence-corrected chi connectivity index (χ4v) is 2.63. The Balaban J connectivity index is 1.73. The summed E-state index contributed by atoms with van der Waals surface area (Å²) in [5.74, 6) is -1.62. The minimum atomic E-state index is -0.554. The molecule has 0 aliphatic carbocycles. The first-order valence-corrected chi connectivity index (χ1v) is 8.35. The van der Waals surface area contributed by atoms with E-state index in [1.165, 1.54) is 0 Å². The topological polar surface area (TPSA) is 95.9 Å². The van der Waals surface area contributed by atoms with E-state index < -0.39 is 17.8 Å². The molecular formula is C20H18N2O5. The fourth-order valence-electron chi connectivity index (χ4n) is 2.63. The highest BCUT2D eigenvalue weighted by Gasteiger charge is 2.31. The van der Waals surface area contributed by atoms with Gasteiger partial charge in [-0.3, -0.25) is 14.5 Å². The van der Waals surface area contributed by atoms with Gasteiger partial charge >= 0.3 is 5.97 Å². The highest BCUT2D eigenvalue weighted by Crippen LogP contribution is 2.22. The van der Waals surface area contributed by atoms with E-state index in [4.69, 9.17) is 9.84 Å². The van der Waals surface area contributed by atoms with Crippen molar-refractivity contribution < 1.29 is 24.2 Å². The average molecular weight is 366 g/mol. The van der Waals surface area contributed by atoms with Crippen LogP contribution in [0.5, 0.6) is 0 Å². The van der Waals surface area contributed by atoms with Crippen molar-refractivity contribution in [2.75, 3.05) is 18.5 Å². The zero-order valence-corrected chi connectivity index (χ0v) is 14.4. The molecule has 27 heavy (non-hydrogen) atoms. The maximum Gasteiger partial charge on any atom is 0.340 e. The van der Waals surface area contributed by atoms with E-state index in [0.29, 0.717) is 5.69 Å².